The van der Waals surface area contributed by atoms with E-state index in [1.54, 1.807) is 0 Å². The Kier molecular flexibility index (Phi) is 5.78. The molecule has 1 N–H and O–H groups in total. The van der Waals surface area contributed by atoms with Crippen molar-refractivity contribution in [2.45, 2.75) is 38.6 Å². The molecule has 0 aliphatic carbocycles. The second-order valence-corrected chi connectivity index (χ2v) is 6.65. The molecule has 1 aromatic carbocycles. The molecule has 0 aliphatic rings. The van der Waals surface area contributed by atoms with Crippen molar-refractivity contribution in [1.82, 2.24) is 30.4 Å². The number of unbranched alkanes of at least 4 members (excludes halogenated alkanes) is 1. The Hall–Kier alpha value is -2.68. The van der Waals surface area contributed by atoms with Crippen LogP contribution in [0.5, 0.6) is 0 Å². The van der Waals surface area contributed by atoms with Crippen LogP contribution in [0.2, 0.25) is 0 Å². The first-order valence-electron chi connectivity index (χ1n) is 8.16. The summed E-state index contributed by atoms with van der Waals surface area (Å²) in [4.78, 5) is 12.8. The first-order valence-corrected chi connectivity index (χ1v) is 8.97. The molecule has 3 aromatic rings. The van der Waals surface area contributed by atoms with Crippen LogP contribution < -0.4 is 5.32 Å². The van der Waals surface area contributed by atoms with Crippen molar-refractivity contribution in [3.8, 4) is 0 Å². The van der Waals surface area contributed by atoms with Crippen LogP contribution >= 0.6 is 11.3 Å². The minimum absolute atomic E-state index is 0.214. The first-order chi connectivity index (χ1) is 12.3. The summed E-state index contributed by atoms with van der Waals surface area (Å²) in [6.07, 6.45) is 4.97. The molecule has 0 bridgehead atoms. The molecule has 2 aromatic heterocycles. The molecule has 130 valence electrons. The number of tetrazole rings is 1. The number of aromatic nitrogens is 6. The Labute approximate surface area is 149 Å². The van der Waals surface area contributed by atoms with Crippen LogP contribution in [0.25, 0.3) is 0 Å². The van der Waals surface area contributed by atoms with Crippen LogP contribution in [0.3, 0.4) is 0 Å². The summed E-state index contributed by atoms with van der Waals surface area (Å²) in [5.41, 5.74) is 1.03. The molecule has 3 rings (SSSR count). The topological polar surface area (TPSA) is 98.5 Å². The number of carbonyl (C=O) groups is 1. The van der Waals surface area contributed by atoms with Gasteiger partial charge in [0.2, 0.25) is 5.13 Å². The molecule has 8 nitrogen and oxygen atoms in total. The molecular formula is C16H19N7OS. The molecule has 0 fully saturated rings. The van der Waals surface area contributed by atoms with Gasteiger partial charge in [0.05, 0.1) is 0 Å². The zero-order chi connectivity index (χ0) is 17.5. The number of nitrogens with zero attached hydrogens (tertiary/aromatic N) is 6. The zero-order valence-electron chi connectivity index (χ0n) is 13.9. The molecule has 0 saturated heterocycles. The fraction of sp³-hybridized carbons (Fsp3) is 0.375. The van der Waals surface area contributed by atoms with E-state index in [0.717, 1.165) is 29.8 Å². The number of nitrogens with one attached hydrogen (secondary N) is 1. The lowest BCUT2D eigenvalue weighted by Gasteiger charge is -2.15. The summed E-state index contributed by atoms with van der Waals surface area (Å²) in [7, 11) is 0. The number of anilines is 1. The lowest BCUT2D eigenvalue weighted by Crippen LogP contribution is -2.28. The highest BCUT2D eigenvalue weighted by Gasteiger charge is 2.23. The number of hydrogen-bond donors (Lipinski definition) is 1. The van der Waals surface area contributed by atoms with Crippen LogP contribution in [0.4, 0.5) is 5.13 Å². The summed E-state index contributed by atoms with van der Waals surface area (Å²) >= 11 is 1.41. The van der Waals surface area contributed by atoms with E-state index < -0.39 is 6.04 Å². The third-order valence-electron chi connectivity index (χ3n) is 3.70. The Morgan fingerprint density at radius 1 is 1.28 bits per heavy atom. The van der Waals surface area contributed by atoms with Gasteiger partial charge in [-0.15, -0.1) is 15.3 Å². The van der Waals surface area contributed by atoms with Crippen LogP contribution in [-0.2, 0) is 17.6 Å². The van der Waals surface area contributed by atoms with Crippen molar-refractivity contribution in [2.24, 2.45) is 0 Å². The normalized spacial score (nSPS) is 12.0. The number of rotatable bonds is 8. The van der Waals surface area contributed by atoms with Gasteiger partial charge in [-0.05, 0) is 22.4 Å². The van der Waals surface area contributed by atoms with E-state index >= 15 is 0 Å². The standard InChI is InChI=1S/C16H19N7OS/c1-2-3-9-14-19-20-16(25-14)18-15(24)13(23-11-17-21-22-23)10-12-7-5-4-6-8-12/h4-8,11,13H,2-3,9-10H2,1H3,(H,18,20,24). The monoisotopic (exact) mass is 357 g/mol. The molecule has 0 saturated carbocycles. The number of aryl methyl sites for hydroxylation is 1. The predicted octanol–water partition coefficient (Wildman–Crippen LogP) is 2.29. The highest BCUT2D eigenvalue weighted by molar-refractivity contribution is 7.15. The van der Waals surface area contributed by atoms with Gasteiger partial charge in [0.15, 0.2) is 0 Å². The van der Waals surface area contributed by atoms with E-state index in [2.05, 4.69) is 38.0 Å². The van der Waals surface area contributed by atoms with E-state index in [-0.39, 0.29) is 5.91 Å². The largest absolute Gasteiger partial charge is 0.299 e. The third-order valence-corrected chi connectivity index (χ3v) is 4.60. The molecule has 0 spiro atoms. The second-order valence-electron chi connectivity index (χ2n) is 5.59. The smallest absolute Gasteiger partial charge is 0.251 e. The van der Waals surface area contributed by atoms with Gasteiger partial charge >= 0.3 is 0 Å². The summed E-state index contributed by atoms with van der Waals surface area (Å²) in [6, 6.07) is 9.20. The summed E-state index contributed by atoms with van der Waals surface area (Å²) < 4.78 is 1.46. The van der Waals surface area contributed by atoms with Crippen LogP contribution in [0.1, 0.15) is 36.4 Å². The Morgan fingerprint density at radius 3 is 2.84 bits per heavy atom. The van der Waals surface area contributed by atoms with Gasteiger partial charge in [0, 0.05) is 12.8 Å². The van der Waals surface area contributed by atoms with Crippen molar-refractivity contribution in [1.29, 1.82) is 0 Å². The summed E-state index contributed by atoms with van der Waals surface area (Å²) in [5, 5.41) is 23.6. The van der Waals surface area contributed by atoms with Gasteiger partial charge in [0.25, 0.3) is 5.91 Å². The fourth-order valence-corrected chi connectivity index (χ4v) is 3.16. The van der Waals surface area contributed by atoms with E-state index in [9.17, 15) is 4.79 Å². The lowest BCUT2D eigenvalue weighted by atomic mass is 10.1. The zero-order valence-corrected chi connectivity index (χ0v) is 14.7. The first kappa shape index (κ1) is 17.2. The maximum atomic E-state index is 12.8. The van der Waals surface area contributed by atoms with Crippen molar-refractivity contribution >= 4 is 22.4 Å². The average molecular weight is 357 g/mol. The van der Waals surface area contributed by atoms with E-state index in [1.807, 2.05) is 30.3 Å². The summed E-state index contributed by atoms with van der Waals surface area (Å²) in [5.74, 6) is -0.214. The van der Waals surface area contributed by atoms with Crippen molar-refractivity contribution in [3.63, 3.8) is 0 Å². The predicted molar refractivity (Wildman–Crippen MR) is 94.2 cm³/mol. The summed E-state index contributed by atoms with van der Waals surface area (Å²) in [6.45, 7) is 2.13. The molecule has 2 heterocycles. The maximum Gasteiger partial charge on any atom is 0.251 e. The van der Waals surface area contributed by atoms with Crippen molar-refractivity contribution in [3.05, 3.63) is 47.2 Å². The number of hydrogen-bond acceptors (Lipinski definition) is 7. The molecule has 1 unspecified atom stereocenters. The molecule has 25 heavy (non-hydrogen) atoms. The molecular weight excluding hydrogens is 338 g/mol. The minimum Gasteiger partial charge on any atom is -0.299 e. The maximum absolute atomic E-state index is 12.8. The van der Waals surface area contributed by atoms with Gasteiger partial charge in [-0.25, -0.2) is 4.68 Å². The molecule has 9 heteroatoms. The molecule has 1 amide bonds. The van der Waals surface area contributed by atoms with Crippen LogP contribution in [0, 0.1) is 0 Å². The quantitative estimate of drug-likeness (QED) is 0.664. The second kappa shape index (κ2) is 8.43. The number of carbonyl (C=O) groups excluding carboxylic acids is 1. The van der Waals surface area contributed by atoms with Gasteiger partial charge < -0.3 is 0 Å². The van der Waals surface area contributed by atoms with Gasteiger partial charge in [0.1, 0.15) is 17.4 Å². The molecule has 1 atom stereocenters. The molecule has 0 aliphatic heterocycles. The Bertz CT molecular complexity index is 788. The molecule has 0 radical (unpaired) electrons. The SMILES string of the molecule is CCCCc1nnc(NC(=O)C(Cc2ccccc2)n2cnnn2)s1. The van der Waals surface area contributed by atoms with E-state index in [1.165, 1.54) is 22.3 Å². The van der Waals surface area contributed by atoms with Crippen LogP contribution in [0.15, 0.2) is 36.7 Å². The van der Waals surface area contributed by atoms with E-state index in [4.69, 9.17) is 0 Å². The lowest BCUT2D eigenvalue weighted by molar-refractivity contribution is -0.119. The van der Waals surface area contributed by atoms with Gasteiger partial charge in [-0.3, -0.25) is 10.1 Å². The highest BCUT2D eigenvalue weighted by Crippen LogP contribution is 2.20. The van der Waals surface area contributed by atoms with Crippen molar-refractivity contribution in [2.75, 3.05) is 5.32 Å². The number of benzene rings is 1. The average Bonchev–Trinajstić information content (AvgIpc) is 3.31. The Balaban J connectivity index is 1.72. The van der Waals surface area contributed by atoms with E-state index in [0.29, 0.717) is 11.6 Å². The van der Waals surface area contributed by atoms with Gasteiger partial charge in [-0.1, -0.05) is 55.0 Å². The van der Waals surface area contributed by atoms with Crippen molar-refractivity contribution < 1.29 is 4.79 Å². The minimum atomic E-state index is -0.555. The Morgan fingerprint density at radius 2 is 2.12 bits per heavy atom. The third kappa shape index (κ3) is 4.66. The fourth-order valence-electron chi connectivity index (χ4n) is 2.38. The van der Waals surface area contributed by atoms with Crippen LogP contribution in [-0.4, -0.2) is 36.3 Å². The number of amides is 1. The highest BCUT2D eigenvalue weighted by atomic mass is 32.1. The van der Waals surface area contributed by atoms with Gasteiger partial charge in [-0.2, -0.15) is 0 Å².